The molecule has 0 aliphatic carbocycles. The normalized spacial score (nSPS) is 21.2. The largest absolute Gasteiger partial charge is 0.417 e. The van der Waals surface area contributed by atoms with Gasteiger partial charge in [0.25, 0.3) is 0 Å². The van der Waals surface area contributed by atoms with Crippen molar-refractivity contribution in [1.29, 1.82) is 0 Å². The van der Waals surface area contributed by atoms with Gasteiger partial charge in [0.1, 0.15) is 0 Å². The van der Waals surface area contributed by atoms with E-state index < -0.39 is 11.7 Å². The summed E-state index contributed by atoms with van der Waals surface area (Å²) in [7, 11) is 0. The van der Waals surface area contributed by atoms with Crippen molar-refractivity contribution in [2.75, 3.05) is 6.54 Å². The Morgan fingerprint density at radius 3 is 2.61 bits per heavy atom. The Morgan fingerprint density at radius 2 is 2.06 bits per heavy atom. The van der Waals surface area contributed by atoms with E-state index in [9.17, 15) is 13.2 Å². The number of nitrogens with zero attached hydrogens (tertiary/aromatic N) is 2. The first-order valence-corrected chi connectivity index (χ1v) is 6.09. The van der Waals surface area contributed by atoms with Crippen LogP contribution in [0.3, 0.4) is 0 Å². The average molecular weight is 258 g/mol. The molecule has 2 nitrogen and oxygen atoms in total. The molecule has 0 fully saturated rings. The summed E-state index contributed by atoms with van der Waals surface area (Å²) in [5.41, 5.74) is 0.858. The quantitative estimate of drug-likeness (QED) is 0.767. The van der Waals surface area contributed by atoms with E-state index >= 15 is 0 Å². The van der Waals surface area contributed by atoms with Gasteiger partial charge < -0.3 is 0 Å². The fourth-order valence-electron chi connectivity index (χ4n) is 2.36. The Labute approximate surface area is 105 Å². The van der Waals surface area contributed by atoms with Crippen molar-refractivity contribution in [3.8, 4) is 0 Å². The molecule has 0 aromatic carbocycles. The summed E-state index contributed by atoms with van der Waals surface area (Å²) in [6, 6.07) is 1.57. The first kappa shape index (κ1) is 13.3. The van der Waals surface area contributed by atoms with Crippen LogP contribution in [0.5, 0.6) is 0 Å². The van der Waals surface area contributed by atoms with Gasteiger partial charge in [0, 0.05) is 36.9 Å². The molecule has 18 heavy (non-hydrogen) atoms. The lowest BCUT2D eigenvalue weighted by Gasteiger charge is -2.35. The van der Waals surface area contributed by atoms with Crippen LogP contribution in [0.4, 0.5) is 13.2 Å². The molecular formula is C13H17F3N2. The molecule has 1 aromatic rings. The molecule has 100 valence electrons. The van der Waals surface area contributed by atoms with Gasteiger partial charge in [-0.25, -0.2) is 0 Å². The standard InChI is InChI=1S/C13H17F3N2/c1-8(2)18-6-9(3)12-10(7-18)4-11(5-17-12)13(14,15)16/h4-5,8-9H,6-7H2,1-3H3. The molecule has 2 rings (SSSR count). The minimum absolute atomic E-state index is 0.179. The zero-order chi connectivity index (χ0) is 13.5. The third-order valence-electron chi connectivity index (χ3n) is 3.41. The number of halogens is 3. The van der Waals surface area contributed by atoms with Crippen molar-refractivity contribution >= 4 is 0 Å². The Balaban J connectivity index is 2.37. The summed E-state index contributed by atoms with van der Waals surface area (Å²) < 4.78 is 38.0. The van der Waals surface area contributed by atoms with E-state index in [0.29, 0.717) is 18.2 Å². The van der Waals surface area contributed by atoms with Crippen molar-refractivity contribution in [3.63, 3.8) is 0 Å². The van der Waals surface area contributed by atoms with Gasteiger partial charge in [-0.15, -0.1) is 0 Å². The maximum atomic E-state index is 12.7. The van der Waals surface area contributed by atoms with E-state index in [-0.39, 0.29) is 5.92 Å². The minimum Gasteiger partial charge on any atom is -0.296 e. The maximum absolute atomic E-state index is 12.7. The molecule has 1 atom stereocenters. The van der Waals surface area contributed by atoms with Crippen LogP contribution in [-0.2, 0) is 12.7 Å². The monoisotopic (exact) mass is 258 g/mol. The molecule has 1 aliphatic rings. The Hall–Kier alpha value is -1.10. The first-order chi connectivity index (χ1) is 8.29. The van der Waals surface area contributed by atoms with Crippen molar-refractivity contribution < 1.29 is 13.2 Å². The first-order valence-electron chi connectivity index (χ1n) is 6.09. The van der Waals surface area contributed by atoms with Gasteiger partial charge in [0.2, 0.25) is 0 Å². The minimum atomic E-state index is -4.31. The molecule has 0 radical (unpaired) electrons. The highest BCUT2D eigenvalue weighted by Gasteiger charge is 2.33. The summed E-state index contributed by atoms with van der Waals surface area (Å²) in [5.74, 6) is 0.179. The summed E-state index contributed by atoms with van der Waals surface area (Å²) >= 11 is 0. The van der Waals surface area contributed by atoms with Gasteiger partial charge in [-0.3, -0.25) is 9.88 Å². The predicted molar refractivity (Wildman–Crippen MR) is 63.2 cm³/mol. The highest BCUT2D eigenvalue weighted by Crippen LogP contribution is 2.33. The van der Waals surface area contributed by atoms with Gasteiger partial charge in [0.15, 0.2) is 0 Å². The van der Waals surface area contributed by atoms with E-state index in [0.717, 1.165) is 18.4 Å². The maximum Gasteiger partial charge on any atom is 0.417 e. The second-order valence-corrected chi connectivity index (χ2v) is 5.19. The number of alkyl halides is 3. The highest BCUT2D eigenvalue weighted by atomic mass is 19.4. The molecule has 5 heteroatoms. The van der Waals surface area contributed by atoms with Gasteiger partial charge in [0.05, 0.1) is 5.56 Å². The third-order valence-corrected chi connectivity index (χ3v) is 3.41. The summed E-state index contributed by atoms with van der Waals surface area (Å²) in [4.78, 5) is 6.19. The topological polar surface area (TPSA) is 16.1 Å². The predicted octanol–water partition coefficient (Wildman–Crippen LogP) is 3.43. The van der Waals surface area contributed by atoms with Gasteiger partial charge in [-0.05, 0) is 25.5 Å². The molecule has 1 unspecified atom stereocenters. The number of pyridine rings is 1. The fraction of sp³-hybridized carbons (Fsp3) is 0.615. The Kier molecular flexibility index (Phi) is 3.36. The number of fused-ring (bicyclic) bond motifs is 1. The second-order valence-electron chi connectivity index (χ2n) is 5.19. The van der Waals surface area contributed by atoms with Crippen LogP contribution in [0.25, 0.3) is 0 Å². The van der Waals surface area contributed by atoms with Gasteiger partial charge >= 0.3 is 6.18 Å². The summed E-state index contributed by atoms with van der Waals surface area (Å²) in [5, 5.41) is 0. The molecule has 1 aliphatic heterocycles. The molecule has 0 spiro atoms. The van der Waals surface area contributed by atoms with Crippen LogP contribution in [0, 0.1) is 0 Å². The smallest absolute Gasteiger partial charge is 0.296 e. The van der Waals surface area contributed by atoms with E-state index in [1.807, 2.05) is 6.92 Å². The molecule has 0 amide bonds. The third kappa shape index (κ3) is 2.51. The molecule has 2 heterocycles. The molecular weight excluding hydrogens is 241 g/mol. The lowest BCUT2D eigenvalue weighted by molar-refractivity contribution is -0.137. The van der Waals surface area contributed by atoms with Crippen LogP contribution < -0.4 is 0 Å². The van der Waals surface area contributed by atoms with Gasteiger partial charge in [-0.2, -0.15) is 13.2 Å². The second kappa shape index (κ2) is 4.53. The Morgan fingerprint density at radius 1 is 1.39 bits per heavy atom. The number of rotatable bonds is 1. The van der Waals surface area contributed by atoms with E-state index in [1.54, 1.807) is 0 Å². The number of hydrogen-bond acceptors (Lipinski definition) is 2. The van der Waals surface area contributed by atoms with Crippen LogP contribution in [0.1, 0.15) is 43.5 Å². The van der Waals surface area contributed by atoms with E-state index in [1.165, 1.54) is 6.07 Å². The zero-order valence-electron chi connectivity index (χ0n) is 10.8. The van der Waals surface area contributed by atoms with Gasteiger partial charge in [-0.1, -0.05) is 6.92 Å². The van der Waals surface area contributed by atoms with Crippen molar-refractivity contribution in [2.45, 2.75) is 45.5 Å². The van der Waals surface area contributed by atoms with E-state index in [4.69, 9.17) is 0 Å². The highest BCUT2D eigenvalue weighted by molar-refractivity contribution is 5.31. The fourth-order valence-corrected chi connectivity index (χ4v) is 2.36. The van der Waals surface area contributed by atoms with Crippen LogP contribution in [0.2, 0.25) is 0 Å². The molecule has 0 bridgehead atoms. The number of aromatic nitrogens is 1. The molecule has 1 aromatic heterocycles. The Bertz CT molecular complexity index is 440. The summed E-state index contributed by atoms with van der Waals surface area (Å²) in [6.07, 6.45) is -3.37. The molecule has 0 saturated carbocycles. The van der Waals surface area contributed by atoms with Crippen molar-refractivity contribution in [3.05, 3.63) is 29.1 Å². The van der Waals surface area contributed by atoms with Crippen LogP contribution >= 0.6 is 0 Å². The molecule has 0 saturated heterocycles. The van der Waals surface area contributed by atoms with Crippen molar-refractivity contribution in [2.24, 2.45) is 0 Å². The van der Waals surface area contributed by atoms with Crippen LogP contribution in [0.15, 0.2) is 12.3 Å². The zero-order valence-corrected chi connectivity index (χ0v) is 10.8. The molecule has 0 N–H and O–H groups in total. The SMILES string of the molecule is CC1CN(C(C)C)Cc2cc(C(F)(F)F)cnc21. The lowest BCUT2D eigenvalue weighted by Crippen LogP contribution is -2.38. The van der Waals surface area contributed by atoms with Crippen LogP contribution in [-0.4, -0.2) is 22.5 Å². The lowest BCUT2D eigenvalue weighted by atomic mass is 9.94. The summed E-state index contributed by atoms with van der Waals surface area (Å²) in [6.45, 7) is 7.52. The average Bonchev–Trinajstić information content (AvgIpc) is 2.26. The van der Waals surface area contributed by atoms with Crippen molar-refractivity contribution in [1.82, 2.24) is 9.88 Å². The number of hydrogen-bond donors (Lipinski definition) is 0. The van der Waals surface area contributed by atoms with E-state index in [2.05, 4.69) is 23.7 Å².